The Hall–Kier alpha value is -1.91. The van der Waals surface area contributed by atoms with Crippen molar-refractivity contribution in [3.63, 3.8) is 0 Å². The smallest absolute Gasteiger partial charge is 0.269 e. The Morgan fingerprint density at radius 3 is 2.75 bits per heavy atom. The van der Waals surface area contributed by atoms with Crippen LogP contribution in [0.4, 0.5) is 5.69 Å². The van der Waals surface area contributed by atoms with Crippen molar-refractivity contribution < 1.29 is 14.5 Å². The highest BCUT2D eigenvalue weighted by Crippen LogP contribution is 2.33. The molecule has 1 aromatic carbocycles. The molecule has 1 aromatic rings. The average Bonchev–Trinajstić information content (AvgIpc) is 2.18. The number of fused-ring (bicyclic) bond motifs is 1. The first-order valence-electron chi connectivity index (χ1n) is 4.90. The van der Waals surface area contributed by atoms with Crippen molar-refractivity contribution in [2.75, 3.05) is 0 Å². The molecule has 84 valence electrons. The third-order valence-corrected chi connectivity index (χ3v) is 2.64. The van der Waals surface area contributed by atoms with E-state index in [1.165, 1.54) is 12.1 Å². The minimum atomic E-state index is -0.844. The molecule has 0 fully saturated rings. The van der Waals surface area contributed by atoms with Crippen molar-refractivity contribution in [2.24, 2.45) is 0 Å². The lowest BCUT2D eigenvalue weighted by atomic mass is 9.92. The molecule has 0 spiro atoms. The minimum absolute atomic E-state index is 0.0187. The number of carbonyl (C=O) groups excluding carboxylic acids is 1. The van der Waals surface area contributed by atoms with E-state index in [1.54, 1.807) is 19.9 Å². The van der Waals surface area contributed by atoms with Crippen molar-refractivity contribution in [1.82, 2.24) is 0 Å². The van der Waals surface area contributed by atoms with Gasteiger partial charge in [0, 0.05) is 24.1 Å². The molecule has 0 amide bonds. The second kappa shape index (κ2) is 3.30. The number of ether oxygens (including phenoxy) is 1. The quantitative estimate of drug-likeness (QED) is 0.536. The summed E-state index contributed by atoms with van der Waals surface area (Å²) >= 11 is 0. The Kier molecular flexibility index (Phi) is 2.18. The van der Waals surface area contributed by atoms with Gasteiger partial charge in [0.15, 0.2) is 11.4 Å². The largest absolute Gasteiger partial charge is 0.480 e. The summed E-state index contributed by atoms with van der Waals surface area (Å²) in [5, 5.41) is 10.6. The van der Waals surface area contributed by atoms with Gasteiger partial charge in [-0.2, -0.15) is 0 Å². The average molecular weight is 221 g/mol. The second-order valence-corrected chi connectivity index (χ2v) is 4.26. The molecule has 0 saturated carbocycles. The Morgan fingerprint density at radius 2 is 2.12 bits per heavy atom. The summed E-state index contributed by atoms with van der Waals surface area (Å²) < 4.78 is 5.49. The lowest BCUT2D eigenvalue weighted by molar-refractivity contribution is -0.384. The SMILES string of the molecule is CC1(C)Oc2ccc([N+](=O)[O-])cc2CC1=O. The summed E-state index contributed by atoms with van der Waals surface area (Å²) in [5.41, 5.74) is -0.281. The summed E-state index contributed by atoms with van der Waals surface area (Å²) in [6.07, 6.45) is 0.185. The third-order valence-electron chi connectivity index (χ3n) is 2.64. The van der Waals surface area contributed by atoms with Gasteiger partial charge in [-0.3, -0.25) is 14.9 Å². The third kappa shape index (κ3) is 1.64. The van der Waals surface area contributed by atoms with Gasteiger partial charge in [-0.05, 0) is 19.9 Å². The number of hydrogen-bond acceptors (Lipinski definition) is 4. The number of benzene rings is 1. The first-order chi connectivity index (χ1) is 7.40. The molecule has 0 saturated heterocycles. The normalized spacial score (nSPS) is 17.5. The van der Waals surface area contributed by atoms with E-state index < -0.39 is 10.5 Å². The molecule has 0 unspecified atom stereocenters. The van der Waals surface area contributed by atoms with Crippen LogP contribution >= 0.6 is 0 Å². The second-order valence-electron chi connectivity index (χ2n) is 4.26. The number of rotatable bonds is 1. The fraction of sp³-hybridized carbons (Fsp3) is 0.364. The highest BCUT2D eigenvalue weighted by molar-refractivity contribution is 5.91. The molecule has 5 nitrogen and oxygen atoms in total. The molecular weight excluding hydrogens is 210 g/mol. The maximum Gasteiger partial charge on any atom is 0.269 e. The van der Waals surface area contributed by atoms with Crippen molar-refractivity contribution >= 4 is 11.5 Å². The van der Waals surface area contributed by atoms with Crippen LogP contribution in [0.2, 0.25) is 0 Å². The summed E-state index contributed by atoms with van der Waals surface area (Å²) in [7, 11) is 0. The van der Waals surface area contributed by atoms with Gasteiger partial charge in [0.2, 0.25) is 0 Å². The highest BCUT2D eigenvalue weighted by atomic mass is 16.6. The maximum absolute atomic E-state index is 11.7. The van der Waals surface area contributed by atoms with Gasteiger partial charge < -0.3 is 4.74 Å². The van der Waals surface area contributed by atoms with E-state index in [4.69, 9.17) is 4.74 Å². The fourth-order valence-corrected chi connectivity index (χ4v) is 1.63. The van der Waals surface area contributed by atoms with E-state index in [9.17, 15) is 14.9 Å². The van der Waals surface area contributed by atoms with Crippen LogP contribution in [0.3, 0.4) is 0 Å². The molecule has 0 aliphatic carbocycles. The number of non-ortho nitro benzene ring substituents is 1. The number of nitro groups is 1. The van der Waals surface area contributed by atoms with E-state index in [0.29, 0.717) is 11.3 Å². The van der Waals surface area contributed by atoms with Gasteiger partial charge in [-0.15, -0.1) is 0 Å². The van der Waals surface area contributed by atoms with Gasteiger partial charge in [0.25, 0.3) is 5.69 Å². The van der Waals surface area contributed by atoms with Gasteiger partial charge in [0.05, 0.1) is 4.92 Å². The first kappa shape index (κ1) is 10.6. The van der Waals surface area contributed by atoms with E-state index in [0.717, 1.165) is 0 Å². The monoisotopic (exact) mass is 221 g/mol. The maximum atomic E-state index is 11.7. The molecule has 0 N–H and O–H groups in total. The predicted octanol–water partition coefficient (Wildman–Crippen LogP) is 1.88. The zero-order valence-corrected chi connectivity index (χ0v) is 9.02. The van der Waals surface area contributed by atoms with E-state index >= 15 is 0 Å². The number of Topliss-reactive ketones (excluding diaryl/α,β-unsaturated/α-hetero) is 1. The number of nitro benzene ring substituents is 1. The minimum Gasteiger partial charge on any atom is -0.480 e. The molecule has 0 aromatic heterocycles. The molecule has 2 rings (SSSR count). The summed E-state index contributed by atoms with van der Waals surface area (Å²) in [4.78, 5) is 21.8. The van der Waals surface area contributed by atoms with Crippen molar-refractivity contribution in [3.05, 3.63) is 33.9 Å². The number of nitrogens with zero attached hydrogens (tertiary/aromatic N) is 1. The molecule has 1 aliphatic heterocycles. The van der Waals surface area contributed by atoms with Crippen LogP contribution < -0.4 is 4.74 Å². The standard InChI is InChI=1S/C11H11NO4/c1-11(2)10(13)6-7-5-8(12(14)15)3-4-9(7)16-11/h3-5H,6H2,1-2H3. The van der Waals surface area contributed by atoms with E-state index in [1.807, 2.05) is 0 Å². The first-order valence-corrected chi connectivity index (χ1v) is 4.90. The van der Waals surface area contributed by atoms with Gasteiger partial charge in [0.1, 0.15) is 5.75 Å². The Labute approximate surface area is 92.2 Å². The molecular formula is C11H11NO4. The van der Waals surface area contributed by atoms with Gasteiger partial charge >= 0.3 is 0 Å². The summed E-state index contributed by atoms with van der Waals surface area (Å²) in [5.74, 6) is 0.482. The van der Waals surface area contributed by atoms with Crippen molar-refractivity contribution in [2.45, 2.75) is 25.9 Å². The van der Waals surface area contributed by atoms with E-state index in [-0.39, 0.29) is 17.9 Å². The topological polar surface area (TPSA) is 69.4 Å². The van der Waals surface area contributed by atoms with Crippen molar-refractivity contribution in [1.29, 1.82) is 0 Å². The number of hydrogen-bond donors (Lipinski definition) is 0. The number of ketones is 1. The molecule has 0 radical (unpaired) electrons. The van der Waals surface area contributed by atoms with Crippen LogP contribution in [0, 0.1) is 10.1 Å². The predicted molar refractivity (Wildman–Crippen MR) is 56.5 cm³/mol. The van der Waals surface area contributed by atoms with Gasteiger partial charge in [-0.1, -0.05) is 0 Å². The lowest BCUT2D eigenvalue weighted by Gasteiger charge is -2.30. The van der Waals surface area contributed by atoms with Crippen LogP contribution in [0.15, 0.2) is 18.2 Å². The zero-order chi connectivity index (χ0) is 11.9. The van der Waals surface area contributed by atoms with E-state index in [2.05, 4.69) is 0 Å². The Bertz CT molecular complexity index is 479. The molecule has 16 heavy (non-hydrogen) atoms. The molecule has 0 bridgehead atoms. The Morgan fingerprint density at radius 1 is 1.44 bits per heavy atom. The fourth-order valence-electron chi connectivity index (χ4n) is 1.63. The molecule has 0 atom stereocenters. The highest BCUT2D eigenvalue weighted by Gasteiger charge is 2.35. The van der Waals surface area contributed by atoms with Crippen LogP contribution in [-0.2, 0) is 11.2 Å². The molecule has 1 aliphatic rings. The zero-order valence-electron chi connectivity index (χ0n) is 9.02. The lowest BCUT2D eigenvalue weighted by Crippen LogP contribution is -2.42. The van der Waals surface area contributed by atoms with Crippen LogP contribution in [0.1, 0.15) is 19.4 Å². The van der Waals surface area contributed by atoms with Crippen LogP contribution in [-0.4, -0.2) is 16.3 Å². The van der Waals surface area contributed by atoms with Crippen LogP contribution in [0.5, 0.6) is 5.75 Å². The summed E-state index contributed by atoms with van der Waals surface area (Å²) in [6.45, 7) is 3.39. The summed E-state index contributed by atoms with van der Waals surface area (Å²) in [6, 6.07) is 4.31. The number of carbonyl (C=O) groups is 1. The van der Waals surface area contributed by atoms with Crippen molar-refractivity contribution in [3.8, 4) is 5.75 Å². The molecule has 5 heteroatoms. The molecule has 1 heterocycles. The Balaban J connectivity index is 2.44. The van der Waals surface area contributed by atoms with Crippen LogP contribution in [0.25, 0.3) is 0 Å². The van der Waals surface area contributed by atoms with Gasteiger partial charge in [-0.25, -0.2) is 0 Å².